The number of amides is 3. The van der Waals surface area contributed by atoms with E-state index >= 15 is 0 Å². The van der Waals surface area contributed by atoms with Crippen LogP contribution in [0.15, 0.2) is 48.5 Å². The lowest BCUT2D eigenvalue weighted by Crippen LogP contribution is -2.31. The second-order valence-electron chi connectivity index (χ2n) is 8.19. The normalized spacial score (nSPS) is 23.6. The van der Waals surface area contributed by atoms with Gasteiger partial charge in [-0.3, -0.25) is 19.3 Å². The molecular formula is C23H21F3N2O3. The van der Waals surface area contributed by atoms with E-state index < -0.39 is 17.6 Å². The Balaban J connectivity index is 1.59. The van der Waals surface area contributed by atoms with Crippen LogP contribution < -0.4 is 10.2 Å². The maximum absolute atomic E-state index is 13.2. The Morgan fingerprint density at radius 3 is 2.45 bits per heavy atom. The van der Waals surface area contributed by atoms with Gasteiger partial charge in [0, 0.05) is 5.56 Å². The lowest BCUT2D eigenvalue weighted by Gasteiger charge is -2.25. The molecule has 0 unspecified atom stereocenters. The molecule has 1 aliphatic heterocycles. The summed E-state index contributed by atoms with van der Waals surface area (Å²) in [5.41, 5.74) is -1.01. The Morgan fingerprint density at radius 1 is 1.00 bits per heavy atom. The molecule has 2 aromatic carbocycles. The van der Waals surface area contributed by atoms with Crippen LogP contribution in [0.3, 0.4) is 0 Å². The van der Waals surface area contributed by atoms with Crippen LogP contribution in [0.5, 0.6) is 0 Å². The third-order valence-corrected chi connectivity index (χ3v) is 6.03. The number of anilines is 2. The van der Waals surface area contributed by atoms with Gasteiger partial charge in [0.1, 0.15) is 0 Å². The first-order valence-electron chi connectivity index (χ1n) is 10.1. The first-order valence-corrected chi connectivity index (χ1v) is 10.1. The number of imide groups is 1. The smallest absolute Gasteiger partial charge is 0.321 e. The van der Waals surface area contributed by atoms with E-state index in [1.807, 2.05) is 0 Å². The lowest BCUT2D eigenvalue weighted by atomic mass is 9.76. The number of alkyl halides is 3. The number of fused-ring (bicyclic) bond motifs is 1. The zero-order valence-corrected chi connectivity index (χ0v) is 16.8. The van der Waals surface area contributed by atoms with E-state index in [-0.39, 0.29) is 40.6 Å². The van der Waals surface area contributed by atoms with Crippen molar-refractivity contribution in [3.8, 4) is 0 Å². The van der Waals surface area contributed by atoms with Gasteiger partial charge in [0.15, 0.2) is 0 Å². The van der Waals surface area contributed by atoms with Gasteiger partial charge < -0.3 is 5.32 Å². The molecule has 0 radical (unpaired) electrons. The minimum absolute atomic E-state index is 0.0540. The summed E-state index contributed by atoms with van der Waals surface area (Å²) < 4.78 is 39.6. The highest BCUT2D eigenvalue weighted by molar-refractivity contribution is 6.22. The predicted octanol–water partition coefficient (Wildman–Crippen LogP) is 4.88. The molecule has 1 aliphatic carbocycles. The topological polar surface area (TPSA) is 66.5 Å². The number of para-hydroxylation sites is 1. The second-order valence-corrected chi connectivity index (χ2v) is 8.19. The number of nitrogens with zero attached hydrogens (tertiary/aromatic N) is 1. The van der Waals surface area contributed by atoms with Gasteiger partial charge in [0.2, 0.25) is 11.8 Å². The number of halogens is 3. The number of hydrogen-bond acceptors (Lipinski definition) is 3. The van der Waals surface area contributed by atoms with Crippen molar-refractivity contribution in [3.63, 3.8) is 0 Å². The second kappa shape index (κ2) is 7.83. The zero-order chi connectivity index (χ0) is 22.3. The first kappa shape index (κ1) is 21.1. The molecular weight excluding hydrogens is 409 g/mol. The highest BCUT2D eigenvalue weighted by Gasteiger charge is 2.50. The number of carbonyl (C=O) groups excluding carboxylic acids is 3. The first-order chi connectivity index (χ1) is 14.7. The zero-order valence-electron chi connectivity index (χ0n) is 16.8. The molecule has 3 atom stereocenters. The molecule has 2 aromatic rings. The summed E-state index contributed by atoms with van der Waals surface area (Å²) in [6.07, 6.45) is -2.43. The Kier molecular flexibility index (Phi) is 5.33. The summed E-state index contributed by atoms with van der Waals surface area (Å²) in [5, 5.41) is 2.28. The molecule has 1 saturated heterocycles. The quantitative estimate of drug-likeness (QED) is 0.706. The summed E-state index contributed by atoms with van der Waals surface area (Å²) in [6.45, 7) is 2.06. The molecule has 3 amide bonds. The molecule has 5 nitrogen and oxygen atoms in total. The van der Waals surface area contributed by atoms with Crippen LogP contribution in [0.1, 0.15) is 42.1 Å². The average molecular weight is 430 g/mol. The van der Waals surface area contributed by atoms with Crippen LogP contribution in [-0.4, -0.2) is 17.7 Å². The van der Waals surface area contributed by atoms with E-state index in [0.717, 1.165) is 17.4 Å². The fourth-order valence-corrected chi connectivity index (χ4v) is 4.46. The molecule has 31 heavy (non-hydrogen) atoms. The Morgan fingerprint density at radius 2 is 1.71 bits per heavy atom. The molecule has 0 aromatic heterocycles. The van der Waals surface area contributed by atoms with E-state index in [1.54, 1.807) is 6.07 Å². The summed E-state index contributed by atoms with van der Waals surface area (Å²) in [7, 11) is 0. The van der Waals surface area contributed by atoms with Gasteiger partial charge in [0.05, 0.1) is 28.8 Å². The van der Waals surface area contributed by atoms with Gasteiger partial charge in [-0.25, -0.2) is 0 Å². The highest BCUT2D eigenvalue weighted by atomic mass is 19.4. The van der Waals surface area contributed by atoms with E-state index in [4.69, 9.17) is 0 Å². The Bertz CT molecular complexity index is 1050. The number of carbonyl (C=O) groups is 3. The van der Waals surface area contributed by atoms with E-state index in [1.165, 1.54) is 36.4 Å². The molecule has 2 aliphatic rings. The summed E-state index contributed by atoms with van der Waals surface area (Å²) in [4.78, 5) is 39.5. The molecule has 1 saturated carbocycles. The highest BCUT2D eigenvalue weighted by Crippen LogP contribution is 2.42. The Hall–Kier alpha value is -3.16. The van der Waals surface area contributed by atoms with Crippen LogP contribution in [0.4, 0.5) is 24.5 Å². The van der Waals surface area contributed by atoms with Crippen LogP contribution in [0.25, 0.3) is 0 Å². The van der Waals surface area contributed by atoms with Crippen molar-refractivity contribution in [3.05, 3.63) is 59.7 Å². The van der Waals surface area contributed by atoms with Crippen molar-refractivity contribution >= 4 is 29.1 Å². The van der Waals surface area contributed by atoms with Gasteiger partial charge in [-0.05, 0) is 55.5 Å². The molecule has 4 rings (SSSR count). The molecule has 1 heterocycles. The van der Waals surface area contributed by atoms with Gasteiger partial charge >= 0.3 is 6.18 Å². The molecule has 1 N–H and O–H groups in total. The van der Waals surface area contributed by atoms with Crippen molar-refractivity contribution in [2.45, 2.75) is 32.4 Å². The fourth-order valence-electron chi connectivity index (χ4n) is 4.46. The lowest BCUT2D eigenvalue weighted by molar-refractivity contribution is -0.137. The van der Waals surface area contributed by atoms with Gasteiger partial charge in [-0.1, -0.05) is 25.1 Å². The maximum atomic E-state index is 13.2. The van der Waals surface area contributed by atoms with E-state index in [0.29, 0.717) is 18.8 Å². The predicted molar refractivity (Wildman–Crippen MR) is 108 cm³/mol. The average Bonchev–Trinajstić information content (AvgIpc) is 2.97. The minimum Gasteiger partial charge on any atom is -0.321 e. The van der Waals surface area contributed by atoms with E-state index in [2.05, 4.69) is 12.2 Å². The van der Waals surface area contributed by atoms with Crippen LogP contribution >= 0.6 is 0 Å². The molecule has 162 valence electrons. The number of rotatable bonds is 3. The van der Waals surface area contributed by atoms with Gasteiger partial charge in [0.25, 0.3) is 5.91 Å². The van der Waals surface area contributed by atoms with Gasteiger partial charge in [-0.15, -0.1) is 0 Å². The Labute approximate surface area is 177 Å². The van der Waals surface area contributed by atoms with Crippen LogP contribution in [-0.2, 0) is 15.8 Å². The third kappa shape index (κ3) is 3.94. The number of benzene rings is 2. The monoisotopic (exact) mass is 430 g/mol. The van der Waals surface area contributed by atoms with Gasteiger partial charge in [-0.2, -0.15) is 13.2 Å². The number of nitrogens with one attached hydrogen (secondary N) is 1. The van der Waals surface area contributed by atoms with E-state index in [9.17, 15) is 27.6 Å². The maximum Gasteiger partial charge on any atom is 0.418 e. The molecule has 0 bridgehead atoms. The molecule has 2 fully saturated rings. The summed E-state index contributed by atoms with van der Waals surface area (Å²) >= 11 is 0. The SMILES string of the molecule is C[C@H]1CC[C@@H]2C(=O)N(c3cccc(C(=O)Nc4ccccc4C(F)(F)F)c3)C(=O)[C@@H]2C1. The molecule has 0 spiro atoms. The van der Waals surface area contributed by atoms with Crippen molar-refractivity contribution < 1.29 is 27.6 Å². The van der Waals surface area contributed by atoms with Crippen molar-refractivity contribution in [2.75, 3.05) is 10.2 Å². The number of hydrogen-bond donors (Lipinski definition) is 1. The summed E-state index contributed by atoms with van der Waals surface area (Å²) in [6, 6.07) is 10.5. The van der Waals surface area contributed by atoms with Crippen LogP contribution in [0.2, 0.25) is 0 Å². The standard InChI is InChI=1S/C23H21F3N2O3/c1-13-9-10-16-17(11-13)22(31)28(21(16)30)15-6-4-5-14(12-15)20(29)27-19-8-3-2-7-18(19)23(24,25)26/h2-8,12-13,16-17H,9-11H2,1H3,(H,27,29)/t13-,16-,17+/m0/s1. The van der Waals surface area contributed by atoms with Crippen molar-refractivity contribution in [1.82, 2.24) is 0 Å². The largest absolute Gasteiger partial charge is 0.418 e. The fraction of sp³-hybridized carbons (Fsp3) is 0.348. The minimum atomic E-state index is -4.62. The van der Waals surface area contributed by atoms with Crippen molar-refractivity contribution in [1.29, 1.82) is 0 Å². The molecule has 8 heteroatoms. The third-order valence-electron chi connectivity index (χ3n) is 6.03. The summed E-state index contributed by atoms with van der Waals surface area (Å²) in [5.74, 6) is -1.65. The van der Waals surface area contributed by atoms with Crippen LogP contribution in [0, 0.1) is 17.8 Å². The van der Waals surface area contributed by atoms with Crippen molar-refractivity contribution in [2.24, 2.45) is 17.8 Å².